The molecule has 1 saturated heterocycles. The molecule has 5 heteroatoms. The predicted octanol–water partition coefficient (Wildman–Crippen LogP) is 3.25. The Balaban J connectivity index is 1.62. The van der Waals surface area contributed by atoms with Gasteiger partial charge >= 0.3 is 0 Å². The second-order valence-electron chi connectivity index (χ2n) is 5.32. The molecular formula is C14H21N3S2. The van der Waals surface area contributed by atoms with Gasteiger partial charge in [-0.2, -0.15) is 11.8 Å². The van der Waals surface area contributed by atoms with Gasteiger partial charge in [-0.15, -0.1) is 11.3 Å². The van der Waals surface area contributed by atoms with Crippen LogP contribution in [0.5, 0.6) is 0 Å². The second kappa shape index (κ2) is 5.85. The predicted molar refractivity (Wildman–Crippen MR) is 84.3 cm³/mol. The molecule has 1 fully saturated rings. The molecule has 1 aliphatic rings. The van der Waals surface area contributed by atoms with Gasteiger partial charge in [0.2, 0.25) is 0 Å². The highest BCUT2D eigenvalue weighted by atomic mass is 32.2. The normalized spacial score (nSPS) is 17.4. The molecule has 1 aliphatic heterocycles. The summed E-state index contributed by atoms with van der Waals surface area (Å²) in [5, 5.41) is 3.63. The van der Waals surface area contributed by atoms with E-state index in [4.69, 9.17) is 0 Å². The summed E-state index contributed by atoms with van der Waals surface area (Å²) in [6.07, 6.45) is 4.94. The second-order valence-corrected chi connectivity index (χ2v) is 7.76. The molecule has 3 heterocycles. The monoisotopic (exact) mass is 295 g/mol. The number of fused-ring (bicyclic) bond motifs is 1. The number of hydrogen-bond acceptors (Lipinski definition) is 4. The highest BCUT2D eigenvalue weighted by molar-refractivity contribution is 7.99. The zero-order valence-electron chi connectivity index (χ0n) is 11.6. The van der Waals surface area contributed by atoms with Crippen LogP contribution in [0.3, 0.4) is 0 Å². The maximum Gasteiger partial charge on any atom is 0.194 e. The maximum atomic E-state index is 4.64. The first-order valence-corrected chi connectivity index (χ1v) is 8.93. The molecule has 0 unspecified atom stereocenters. The van der Waals surface area contributed by atoms with Crippen molar-refractivity contribution in [3.05, 3.63) is 22.5 Å². The molecule has 0 aliphatic carbocycles. The van der Waals surface area contributed by atoms with Crippen LogP contribution in [0.15, 0.2) is 6.20 Å². The fraction of sp³-hybridized carbons (Fsp3) is 0.643. The lowest BCUT2D eigenvalue weighted by Gasteiger charge is -2.21. The van der Waals surface area contributed by atoms with E-state index in [1.807, 2.05) is 0 Å². The first kappa shape index (κ1) is 13.5. The van der Waals surface area contributed by atoms with Crippen molar-refractivity contribution in [1.82, 2.24) is 14.7 Å². The number of hydrogen-bond donors (Lipinski definition) is 1. The van der Waals surface area contributed by atoms with Crippen LogP contribution in [0.4, 0.5) is 0 Å². The summed E-state index contributed by atoms with van der Waals surface area (Å²) in [4.78, 5) is 7.09. The summed E-state index contributed by atoms with van der Waals surface area (Å²) >= 11 is 3.87. The number of imidazole rings is 1. The highest BCUT2D eigenvalue weighted by Gasteiger charge is 2.14. The van der Waals surface area contributed by atoms with Crippen molar-refractivity contribution in [1.29, 1.82) is 0 Å². The van der Waals surface area contributed by atoms with Crippen LogP contribution in [0.2, 0.25) is 0 Å². The number of thiazole rings is 1. The summed E-state index contributed by atoms with van der Waals surface area (Å²) in [5.41, 5.74) is 2.49. The van der Waals surface area contributed by atoms with Gasteiger partial charge in [0.1, 0.15) is 0 Å². The standard InChI is InChI=1S/C14H21N3S2/c1-10-9-17-13(11(2)16-14(17)19-10)8-15-7-12-3-5-18-6-4-12/h9,12,15H,3-8H2,1-2H3. The molecule has 2 aromatic rings. The SMILES string of the molecule is Cc1cn2c(CNCC3CCSCC3)c(C)nc2s1. The van der Waals surface area contributed by atoms with E-state index >= 15 is 0 Å². The molecule has 0 atom stereocenters. The Bertz CT molecular complexity index is 552. The van der Waals surface area contributed by atoms with Gasteiger partial charge in [0, 0.05) is 17.6 Å². The van der Waals surface area contributed by atoms with E-state index in [0.29, 0.717) is 0 Å². The minimum absolute atomic E-state index is 0.870. The van der Waals surface area contributed by atoms with Crippen molar-refractivity contribution in [2.75, 3.05) is 18.1 Å². The summed E-state index contributed by atoms with van der Waals surface area (Å²) in [6.45, 7) is 6.35. The van der Waals surface area contributed by atoms with Crippen LogP contribution in [-0.2, 0) is 6.54 Å². The molecule has 0 bridgehead atoms. The van der Waals surface area contributed by atoms with Crippen molar-refractivity contribution >= 4 is 28.1 Å². The Kier molecular flexibility index (Phi) is 4.15. The van der Waals surface area contributed by atoms with Crippen LogP contribution >= 0.6 is 23.1 Å². The molecule has 104 valence electrons. The molecule has 2 aromatic heterocycles. The van der Waals surface area contributed by atoms with Gasteiger partial charge in [0.15, 0.2) is 4.96 Å². The third kappa shape index (κ3) is 2.98. The lowest BCUT2D eigenvalue weighted by molar-refractivity contribution is 0.445. The van der Waals surface area contributed by atoms with E-state index in [0.717, 1.165) is 29.7 Å². The minimum Gasteiger partial charge on any atom is -0.311 e. The number of rotatable bonds is 4. The van der Waals surface area contributed by atoms with Gasteiger partial charge in [-0.05, 0) is 50.7 Å². The Labute approximate surface area is 122 Å². The summed E-state index contributed by atoms with van der Waals surface area (Å²) in [7, 11) is 0. The van der Waals surface area contributed by atoms with Gasteiger partial charge in [-0.1, -0.05) is 0 Å². The first-order chi connectivity index (χ1) is 9.24. The van der Waals surface area contributed by atoms with Crippen molar-refractivity contribution in [2.24, 2.45) is 5.92 Å². The molecule has 0 radical (unpaired) electrons. The summed E-state index contributed by atoms with van der Waals surface area (Å²) in [5.74, 6) is 3.55. The van der Waals surface area contributed by atoms with Gasteiger partial charge in [-0.3, -0.25) is 4.40 Å². The minimum atomic E-state index is 0.870. The van der Waals surface area contributed by atoms with Crippen LogP contribution < -0.4 is 5.32 Å². The van der Waals surface area contributed by atoms with Gasteiger partial charge in [-0.25, -0.2) is 4.98 Å². The average molecular weight is 295 g/mol. The van der Waals surface area contributed by atoms with Crippen LogP contribution in [0.25, 0.3) is 4.96 Å². The number of thioether (sulfide) groups is 1. The molecular weight excluding hydrogens is 274 g/mol. The Morgan fingerprint density at radius 1 is 1.37 bits per heavy atom. The van der Waals surface area contributed by atoms with Crippen molar-refractivity contribution < 1.29 is 0 Å². The Morgan fingerprint density at radius 2 is 2.16 bits per heavy atom. The molecule has 19 heavy (non-hydrogen) atoms. The maximum absolute atomic E-state index is 4.64. The Morgan fingerprint density at radius 3 is 2.95 bits per heavy atom. The average Bonchev–Trinajstić information content (AvgIpc) is 2.88. The number of aromatic nitrogens is 2. The largest absolute Gasteiger partial charge is 0.311 e. The smallest absolute Gasteiger partial charge is 0.194 e. The van der Waals surface area contributed by atoms with Crippen LogP contribution in [0.1, 0.15) is 29.1 Å². The quantitative estimate of drug-likeness (QED) is 0.939. The molecule has 0 saturated carbocycles. The zero-order valence-corrected chi connectivity index (χ0v) is 13.2. The van der Waals surface area contributed by atoms with E-state index in [9.17, 15) is 0 Å². The molecule has 0 spiro atoms. The summed E-state index contributed by atoms with van der Waals surface area (Å²) in [6, 6.07) is 0. The molecule has 1 N–H and O–H groups in total. The fourth-order valence-electron chi connectivity index (χ4n) is 2.67. The molecule has 3 nitrogen and oxygen atoms in total. The van der Waals surface area contributed by atoms with Crippen molar-refractivity contribution in [2.45, 2.75) is 33.2 Å². The van der Waals surface area contributed by atoms with E-state index < -0.39 is 0 Å². The van der Waals surface area contributed by atoms with Crippen molar-refractivity contribution in [3.8, 4) is 0 Å². The molecule has 0 aromatic carbocycles. The third-order valence-electron chi connectivity index (χ3n) is 3.81. The van der Waals surface area contributed by atoms with Crippen LogP contribution in [-0.4, -0.2) is 27.4 Å². The number of nitrogens with one attached hydrogen (secondary N) is 1. The zero-order chi connectivity index (χ0) is 13.2. The van der Waals surface area contributed by atoms with Crippen LogP contribution in [0, 0.1) is 19.8 Å². The van der Waals surface area contributed by atoms with Crippen molar-refractivity contribution in [3.63, 3.8) is 0 Å². The Hall–Kier alpha value is -0.520. The number of aryl methyl sites for hydroxylation is 2. The fourth-order valence-corrected chi connectivity index (χ4v) is 4.76. The highest BCUT2D eigenvalue weighted by Crippen LogP contribution is 2.23. The lowest BCUT2D eigenvalue weighted by Crippen LogP contribution is -2.26. The number of nitrogens with zero attached hydrogens (tertiary/aromatic N) is 2. The van der Waals surface area contributed by atoms with E-state index in [-0.39, 0.29) is 0 Å². The molecule has 3 rings (SSSR count). The molecule has 0 amide bonds. The third-order valence-corrected chi connectivity index (χ3v) is 5.75. The lowest BCUT2D eigenvalue weighted by atomic mass is 10.0. The van der Waals surface area contributed by atoms with Gasteiger partial charge in [0.25, 0.3) is 0 Å². The topological polar surface area (TPSA) is 29.3 Å². The van der Waals surface area contributed by atoms with Gasteiger partial charge in [0.05, 0.1) is 11.4 Å². The van der Waals surface area contributed by atoms with E-state index in [1.165, 1.54) is 34.9 Å². The van der Waals surface area contributed by atoms with E-state index in [1.54, 1.807) is 11.3 Å². The van der Waals surface area contributed by atoms with E-state index in [2.05, 4.69) is 46.5 Å². The first-order valence-electron chi connectivity index (χ1n) is 6.96. The van der Waals surface area contributed by atoms with Gasteiger partial charge < -0.3 is 5.32 Å². The summed E-state index contributed by atoms with van der Waals surface area (Å²) < 4.78 is 2.25.